The highest BCUT2D eigenvalue weighted by molar-refractivity contribution is 5.88. The van der Waals surface area contributed by atoms with E-state index >= 15 is 0 Å². The molecule has 5 aromatic carbocycles. The minimum atomic E-state index is -0.376. The molecule has 0 N–H and O–H groups in total. The highest BCUT2D eigenvalue weighted by Gasteiger charge is 2.32. The van der Waals surface area contributed by atoms with Crippen LogP contribution in [-0.2, 0) is 5.41 Å². The molecule has 1 atom stereocenters. The Bertz CT molecular complexity index is 2530. The molecule has 0 bridgehead atoms. The van der Waals surface area contributed by atoms with Crippen molar-refractivity contribution in [3.05, 3.63) is 186 Å². The van der Waals surface area contributed by atoms with Crippen molar-refractivity contribution in [2.24, 2.45) is 0 Å². The Hall–Kier alpha value is -6.59. The molecule has 0 amide bonds. The lowest BCUT2D eigenvalue weighted by Gasteiger charge is -2.31. The number of methoxy groups -OCH3 is 1. The number of aromatic nitrogens is 3. The first-order valence-electron chi connectivity index (χ1n) is 17.9. The van der Waals surface area contributed by atoms with Crippen molar-refractivity contribution in [1.82, 2.24) is 15.0 Å². The van der Waals surface area contributed by atoms with Gasteiger partial charge in [-0.05, 0) is 42.2 Å². The van der Waals surface area contributed by atoms with E-state index in [4.69, 9.17) is 24.1 Å². The average Bonchev–Trinajstić information content (AvgIpc) is 3.54. The fourth-order valence-electron chi connectivity index (χ4n) is 7.03. The van der Waals surface area contributed by atoms with Gasteiger partial charge in [0.15, 0.2) is 17.5 Å². The Labute approximate surface area is 310 Å². The molecule has 53 heavy (non-hydrogen) atoms. The summed E-state index contributed by atoms with van der Waals surface area (Å²) in [6.45, 7) is 4.25. The van der Waals surface area contributed by atoms with Crippen LogP contribution in [0, 0.1) is 6.92 Å². The van der Waals surface area contributed by atoms with Crippen LogP contribution < -0.4 is 4.74 Å². The molecule has 1 unspecified atom stereocenters. The van der Waals surface area contributed by atoms with Gasteiger partial charge < -0.3 is 9.15 Å². The molecular formula is C48H39N3O2. The zero-order valence-corrected chi connectivity index (χ0v) is 30.0. The minimum Gasteiger partial charge on any atom is -0.496 e. The lowest BCUT2D eigenvalue weighted by Crippen LogP contribution is -2.22. The molecule has 2 aromatic heterocycles. The lowest BCUT2D eigenvalue weighted by molar-refractivity contribution is 0.399. The second-order valence-electron chi connectivity index (χ2n) is 13.4. The third kappa shape index (κ3) is 6.89. The van der Waals surface area contributed by atoms with Crippen LogP contribution in [0.15, 0.2) is 174 Å². The summed E-state index contributed by atoms with van der Waals surface area (Å²) in [6, 6.07) is 43.1. The largest absolute Gasteiger partial charge is 0.496 e. The standard InChI is InChI=1S/C48H39N3O2/c1-33-39(40-21-12-13-23-42(40)53-33)20-11-10-15-34-29-31-48(2,32-30-34)44-41(22-14-24-43(44)52-3)47-50-45(37-18-8-5-9-19-37)49-46(51-47)38-27-25-36(26-28-38)35-16-6-4-7-17-35/h4-31H,32H2,1-3H3/b15-10+,20-11-. The summed E-state index contributed by atoms with van der Waals surface area (Å²) in [6.07, 6.45) is 15.9. The number of benzene rings is 5. The van der Waals surface area contributed by atoms with Crippen LogP contribution >= 0.6 is 0 Å². The van der Waals surface area contributed by atoms with E-state index < -0.39 is 0 Å². The Morgan fingerprint density at radius 3 is 1.94 bits per heavy atom. The molecular weight excluding hydrogens is 651 g/mol. The Morgan fingerprint density at radius 2 is 1.25 bits per heavy atom. The van der Waals surface area contributed by atoms with Crippen molar-refractivity contribution in [2.75, 3.05) is 7.11 Å². The summed E-state index contributed by atoms with van der Waals surface area (Å²) in [5.74, 6) is 3.55. The maximum atomic E-state index is 6.04. The van der Waals surface area contributed by atoms with Gasteiger partial charge in [-0.15, -0.1) is 0 Å². The molecule has 7 aromatic rings. The molecule has 0 saturated heterocycles. The van der Waals surface area contributed by atoms with Crippen LogP contribution in [0.25, 0.3) is 62.3 Å². The molecule has 2 heterocycles. The van der Waals surface area contributed by atoms with E-state index in [0.717, 1.165) is 73.4 Å². The summed E-state index contributed by atoms with van der Waals surface area (Å²) in [4.78, 5) is 15.2. The topological polar surface area (TPSA) is 61.0 Å². The highest BCUT2D eigenvalue weighted by Crippen LogP contribution is 2.44. The van der Waals surface area contributed by atoms with E-state index in [9.17, 15) is 0 Å². The number of rotatable bonds is 9. The third-order valence-electron chi connectivity index (χ3n) is 9.86. The maximum absolute atomic E-state index is 6.04. The maximum Gasteiger partial charge on any atom is 0.164 e. The van der Waals surface area contributed by atoms with Crippen LogP contribution in [0.2, 0.25) is 0 Å². The molecule has 0 aliphatic heterocycles. The van der Waals surface area contributed by atoms with E-state index in [1.54, 1.807) is 7.11 Å². The van der Waals surface area contributed by atoms with E-state index in [1.807, 2.05) is 73.7 Å². The van der Waals surface area contributed by atoms with Gasteiger partial charge in [0.05, 0.1) is 7.11 Å². The summed E-state index contributed by atoms with van der Waals surface area (Å²) >= 11 is 0. The first-order chi connectivity index (χ1) is 26.0. The highest BCUT2D eigenvalue weighted by atomic mass is 16.5. The van der Waals surface area contributed by atoms with Gasteiger partial charge >= 0.3 is 0 Å². The first-order valence-corrected chi connectivity index (χ1v) is 17.9. The summed E-state index contributed by atoms with van der Waals surface area (Å²) in [5.41, 5.74) is 8.88. The number of fused-ring (bicyclic) bond motifs is 1. The molecule has 0 radical (unpaired) electrons. The fraction of sp³-hybridized carbons (Fsp3) is 0.104. The molecule has 1 aliphatic rings. The SMILES string of the molecule is COc1cccc(-c2nc(-c3ccccc3)nc(-c3ccc(-c4ccccc4)cc3)n2)c1C1(C)C=CC(/C=C/C=C\c2c(C)oc3ccccc23)=CC1. The first kappa shape index (κ1) is 33.5. The number of hydrogen-bond acceptors (Lipinski definition) is 5. The van der Waals surface area contributed by atoms with E-state index in [-0.39, 0.29) is 5.41 Å². The predicted molar refractivity (Wildman–Crippen MR) is 216 cm³/mol. The van der Waals surface area contributed by atoms with Crippen molar-refractivity contribution in [1.29, 1.82) is 0 Å². The van der Waals surface area contributed by atoms with Gasteiger partial charge in [-0.3, -0.25) is 0 Å². The molecule has 1 aliphatic carbocycles. The fourth-order valence-corrected chi connectivity index (χ4v) is 7.03. The Balaban J connectivity index is 1.13. The van der Waals surface area contributed by atoms with Crippen molar-refractivity contribution in [3.63, 3.8) is 0 Å². The quantitative estimate of drug-likeness (QED) is 0.141. The summed E-state index contributed by atoms with van der Waals surface area (Å²) in [7, 11) is 1.72. The number of nitrogens with zero attached hydrogens (tertiary/aromatic N) is 3. The van der Waals surface area contributed by atoms with Gasteiger partial charge in [-0.1, -0.05) is 165 Å². The number of allylic oxidation sites excluding steroid dienone is 7. The second kappa shape index (κ2) is 14.6. The molecule has 8 rings (SSSR count). The second-order valence-corrected chi connectivity index (χ2v) is 13.4. The van der Waals surface area contributed by atoms with Gasteiger partial charge in [-0.2, -0.15) is 0 Å². The minimum absolute atomic E-state index is 0.376. The monoisotopic (exact) mass is 689 g/mol. The van der Waals surface area contributed by atoms with Gasteiger partial charge in [-0.25, -0.2) is 15.0 Å². The van der Waals surface area contributed by atoms with E-state index in [1.165, 1.54) is 0 Å². The van der Waals surface area contributed by atoms with E-state index in [0.29, 0.717) is 17.5 Å². The third-order valence-corrected chi connectivity index (χ3v) is 9.86. The smallest absolute Gasteiger partial charge is 0.164 e. The van der Waals surface area contributed by atoms with Crippen molar-refractivity contribution < 1.29 is 9.15 Å². The number of para-hydroxylation sites is 1. The van der Waals surface area contributed by atoms with Gasteiger partial charge in [0.25, 0.3) is 0 Å². The van der Waals surface area contributed by atoms with Crippen molar-refractivity contribution in [3.8, 4) is 51.0 Å². The van der Waals surface area contributed by atoms with Crippen LogP contribution in [0.5, 0.6) is 5.75 Å². The molecule has 0 saturated carbocycles. The zero-order chi connectivity index (χ0) is 36.2. The lowest BCUT2D eigenvalue weighted by atomic mass is 9.73. The summed E-state index contributed by atoms with van der Waals surface area (Å²) < 4.78 is 12.0. The van der Waals surface area contributed by atoms with Crippen LogP contribution in [0.4, 0.5) is 0 Å². The average molecular weight is 690 g/mol. The normalized spacial score (nSPS) is 15.7. The number of furan rings is 1. The summed E-state index contributed by atoms with van der Waals surface area (Å²) in [5, 5.41) is 1.12. The zero-order valence-electron chi connectivity index (χ0n) is 30.0. The number of aryl methyl sites for hydroxylation is 1. The van der Waals surface area contributed by atoms with Crippen molar-refractivity contribution >= 4 is 17.0 Å². The number of hydrogen-bond donors (Lipinski definition) is 0. The van der Waals surface area contributed by atoms with Gasteiger partial charge in [0.1, 0.15) is 17.1 Å². The van der Waals surface area contributed by atoms with Gasteiger partial charge in [0.2, 0.25) is 0 Å². The Morgan fingerprint density at radius 1 is 0.642 bits per heavy atom. The molecule has 258 valence electrons. The van der Waals surface area contributed by atoms with Crippen LogP contribution in [-0.4, -0.2) is 22.1 Å². The predicted octanol–water partition coefficient (Wildman–Crippen LogP) is 12.0. The van der Waals surface area contributed by atoms with Crippen LogP contribution in [0.3, 0.4) is 0 Å². The van der Waals surface area contributed by atoms with Crippen molar-refractivity contribution in [2.45, 2.75) is 25.7 Å². The molecule has 5 nitrogen and oxygen atoms in total. The van der Waals surface area contributed by atoms with E-state index in [2.05, 4.69) is 110 Å². The molecule has 0 fully saturated rings. The molecule has 5 heteroatoms. The van der Waals surface area contributed by atoms with Gasteiger partial charge in [0, 0.05) is 38.6 Å². The Kier molecular flexibility index (Phi) is 9.22. The number of ether oxygens (including phenoxy) is 1. The molecule has 0 spiro atoms. The van der Waals surface area contributed by atoms with Crippen LogP contribution in [0.1, 0.15) is 30.2 Å².